The Bertz CT molecular complexity index is 399. The van der Waals surface area contributed by atoms with Crippen LogP contribution in [0.25, 0.3) is 0 Å². The van der Waals surface area contributed by atoms with E-state index in [0.29, 0.717) is 5.76 Å². The number of aliphatic hydroxyl groups excluding tert-OH is 1. The van der Waals surface area contributed by atoms with Gasteiger partial charge in [0.1, 0.15) is 5.76 Å². The quantitative estimate of drug-likeness (QED) is 0.514. The number of nitrogens with one attached hydrogen (secondary N) is 2. The van der Waals surface area contributed by atoms with Crippen molar-refractivity contribution in [3.63, 3.8) is 0 Å². The van der Waals surface area contributed by atoms with Gasteiger partial charge >= 0.3 is 0 Å². The average Bonchev–Trinajstić information content (AvgIpc) is 2.70. The molecule has 66 valence electrons. The van der Waals surface area contributed by atoms with Crippen molar-refractivity contribution in [2.75, 3.05) is 6.67 Å². The van der Waals surface area contributed by atoms with Gasteiger partial charge in [0, 0.05) is 17.7 Å². The van der Waals surface area contributed by atoms with Gasteiger partial charge in [-0.25, -0.2) is 0 Å². The zero-order chi connectivity index (χ0) is 8.84. The third kappa shape index (κ3) is 0.840. The average molecular weight is 174 g/mol. The molecule has 0 radical (unpaired) electrons. The topological polar surface area (TPSA) is 44.3 Å². The van der Waals surface area contributed by atoms with E-state index < -0.39 is 0 Å². The Morgan fingerprint density at radius 3 is 3.08 bits per heavy atom. The lowest BCUT2D eigenvalue weighted by Crippen LogP contribution is -2.14. The van der Waals surface area contributed by atoms with Gasteiger partial charge < -0.3 is 15.7 Å². The highest BCUT2D eigenvalue weighted by Gasteiger charge is 2.24. The summed E-state index contributed by atoms with van der Waals surface area (Å²) >= 11 is 0. The summed E-state index contributed by atoms with van der Waals surface area (Å²) in [6.45, 7) is 0.798. The molecule has 0 saturated heterocycles. The zero-order valence-corrected chi connectivity index (χ0v) is 7.09. The molecule has 3 aliphatic rings. The summed E-state index contributed by atoms with van der Waals surface area (Å²) < 4.78 is 0. The van der Waals surface area contributed by atoms with E-state index in [0.717, 1.165) is 29.9 Å². The fraction of sp³-hybridized carbons (Fsp3) is 0.200. The zero-order valence-electron chi connectivity index (χ0n) is 7.09. The molecule has 13 heavy (non-hydrogen) atoms. The lowest BCUT2D eigenvalue weighted by Gasteiger charge is -2.13. The second kappa shape index (κ2) is 2.19. The molecule has 2 aliphatic carbocycles. The van der Waals surface area contributed by atoms with Crippen LogP contribution in [0, 0.1) is 0 Å². The maximum Gasteiger partial charge on any atom is 0.119 e. The number of aliphatic hydroxyl groups is 1. The number of fused-ring (bicyclic) bond motifs is 1. The minimum Gasteiger partial charge on any atom is -0.508 e. The van der Waals surface area contributed by atoms with Crippen molar-refractivity contribution in [2.45, 2.75) is 6.42 Å². The maximum absolute atomic E-state index is 9.53. The van der Waals surface area contributed by atoms with Crippen LogP contribution in [-0.2, 0) is 0 Å². The highest BCUT2D eigenvalue weighted by atomic mass is 16.3. The van der Waals surface area contributed by atoms with E-state index in [4.69, 9.17) is 0 Å². The van der Waals surface area contributed by atoms with Crippen LogP contribution in [0.5, 0.6) is 0 Å². The maximum atomic E-state index is 9.53. The fourth-order valence-corrected chi connectivity index (χ4v) is 1.92. The van der Waals surface area contributed by atoms with E-state index in [-0.39, 0.29) is 0 Å². The van der Waals surface area contributed by atoms with Crippen LogP contribution in [0.15, 0.2) is 46.5 Å². The van der Waals surface area contributed by atoms with Crippen molar-refractivity contribution in [3.8, 4) is 0 Å². The highest BCUT2D eigenvalue weighted by molar-refractivity contribution is 5.58. The van der Waals surface area contributed by atoms with E-state index >= 15 is 0 Å². The first kappa shape index (κ1) is 6.83. The predicted octanol–water partition coefficient (Wildman–Crippen LogP) is 1.06. The summed E-state index contributed by atoms with van der Waals surface area (Å²) in [6.07, 6.45) is 6.60. The van der Waals surface area contributed by atoms with E-state index in [2.05, 4.69) is 16.7 Å². The lowest BCUT2D eigenvalue weighted by atomic mass is 9.97. The van der Waals surface area contributed by atoms with Crippen molar-refractivity contribution >= 4 is 0 Å². The number of rotatable bonds is 0. The van der Waals surface area contributed by atoms with Gasteiger partial charge in [0.25, 0.3) is 0 Å². The molecule has 0 unspecified atom stereocenters. The summed E-state index contributed by atoms with van der Waals surface area (Å²) in [5, 5.41) is 16.0. The van der Waals surface area contributed by atoms with Gasteiger partial charge in [0.15, 0.2) is 0 Å². The van der Waals surface area contributed by atoms with E-state index in [1.54, 1.807) is 6.08 Å². The third-order valence-electron chi connectivity index (χ3n) is 2.64. The molecule has 1 heterocycles. The molecule has 3 N–H and O–H groups in total. The molecule has 0 saturated carbocycles. The molecule has 3 nitrogen and oxygen atoms in total. The molecule has 0 amide bonds. The van der Waals surface area contributed by atoms with Crippen LogP contribution in [-0.4, -0.2) is 11.8 Å². The molecule has 3 rings (SSSR count). The summed E-state index contributed by atoms with van der Waals surface area (Å²) in [6, 6.07) is 0. The molecule has 0 aromatic heterocycles. The van der Waals surface area contributed by atoms with Crippen molar-refractivity contribution in [2.24, 2.45) is 0 Å². The lowest BCUT2D eigenvalue weighted by molar-refractivity contribution is 0.427. The van der Waals surface area contributed by atoms with Gasteiger partial charge in [-0.3, -0.25) is 0 Å². The van der Waals surface area contributed by atoms with Gasteiger partial charge in [0.2, 0.25) is 0 Å². The van der Waals surface area contributed by atoms with Crippen molar-refractivity contribution < 1.29 is 5.11 Å². The number of hydrogen-bond donors (Lipinski definition) is 3. The molecule has 0 aromatic rings. The molecular formula is C10H10N2O. The summed E-state index contributed by atoms with van der Waals surface area (Å²) in [7, 11) is 0. The Labute approximate surface area is 76.1 Å². The second-order valence-corrected chi connectivity index (χ2v) is 3.40. The first-order chi connectivity index (χ1) is 6.34. The van der Waals surface area contributed by atoms with Crippen LogP contribution >= 0.6 is 0 Å². The SMILES string of the molecule is OC1=C2CC3=C(C=C2C=C1)NCN3. The summed E-state index contributed by atoms with van der Waals surface area (Å²) in [4.78, 5) is 0. The first-order valence-electron chi connectivity index (χ1n) is 4.38. The molecule has 0 spiro atoms. The second-order valence-electron chi connectivity index (χ2n) is 3.40. The van der Waals surface area contributed by atoms with Crippen LogP contribution < -0.4 is 10.6 Å². The van der Waals surface area contributed by atoms with Crippen LogP contribution in [0.2, 0.25) is 0 Å². The van der Waals surface area contributed by atoms with E-state index in [1.165, 1.54) is 5.70 Å². The monoisotopic (exact) mass is 174 g/mol. The third-order valence-corrected chi connectivity index (χ3v) is 2.64. The number of allylic oxidation sites excluding steroid dienone is 5. The van der Waals surface area contributed by atoms with Crippen molar-refractivity contribution in [1.29, 1.82) is 0 Å². The van der Waals surface area contributed by atoms with Gasteiger partial charge in [-0.2, -0.15) is 0 Å². The fourth-order valence-electron chi connectivity index (χ4n) is 1.92. The van der Waals surface area contributed by atoms with Crippen LogP contribution in [0.3, 0.4) is 0 Å². The van der Waals surface area contributed by atoms with Crippen molar-refractivity contribution in [1.82, 2.24) is 10.6 Å². The Morgan fingerprint density at radius 2 is 2.15 bits per heavy atom. The van der Waals surface area contributed by atoms with Crippen LogP contribution in [0.1, 0.15) is 6.42 Å². The molecule has 1 aliphatic heterocycles. The Kier molecular flexibility index (Phi) is 1.15. The smallest absolute Gasteiger partial charge is 0.119 e. The molecule has 0 aromatic carbocycles. The Balaban J connectivity index is 2.10. The Morgan fingerprint density at radius 1 is 1.23 bits per heavy atom. The summed E-state index contributed by atoms with van der Waals surface area (Å²) in [5.41, 5.74) is 4.52. The standard InChI is InChI=1S/C10H10N2O/c13-10-2-1-6-3-8-9(4-7(6)10)12-5-11-8/h1-3,11-13H,4-5H2. The highest BCUT2D eigenvalue weighted by Crippen LogP contribution is 2.34. The minimum absolute atomic E-state index is 0.409. The molecule has 0 fully saturated rings. The molecular weight excluding hydrogens is 164 g/mol. The number of hydrogen-bond acceptors (Lipinski definition) is 3. The van der Waals surface area contributed by atoms with E-state index in [9.17, 15) is 5.11 Å². The van der Waals surface area contributed by atoms with E-state index in [1.807, 2.05) is 6.08 Å². The minimum atomic E-state index is 0.409. The summed E-state index contributed by atoms with van der Waals surface area (Å²) in [5.74, 6) is 0.409. The molecule has 0 bridgehead atoms. The Hall–Kier alpha value is -1.64. The first-order valence-corrected chi connectivity index (χ1v) is 4.38. The normalized spacial score (nSPS) is 23.8. The van der Waals surface area contributed by atoms with Gasteiger partial charge in [-0.05, 0) is 17.7 Å². The van der Waals surface area contributed by atoms with Gasteiger partial charge in [0.05, 0.1) is 12.4 Å². The largest absolute Gasteiger partial charge is 0.508 e. The van der Waals surface area contributed by atoms with Gasteiger partial charge in [-0.15, -0.1) is 0 Å². The van der Waals surface area contributed by atoms with Gasteiger partial charge in [-0.1, -0.05) is 6.08 Å². The molecule has 3 heteroatoms. The van der Waals surface area contributed by atoms with Crippen molar-refractivity contribution in [3.05, 3.63) is 46.5 Å². The van der Waals surface area contributed by atoms with Crippen LogP contribution in [0.4, 0.5) is 0 Å². The molecule has 0 atom stereocenters. The predicted molar refractivity (Wildman–Crippen MR) is 49.7 cm³/mol.